The Hall–Kier alpha value is -1.20. The molecule has 1 aliphatic rings. The number of fused-ring (bicyclic) bond motifs is 1. The van der Waals surface area contributed by atoms with Gasteiger partial charge in [0.25, 0.3) is 0 Å². The Kier molecular flexibility index (Phi) is 3.66. The lowest BCUT2D eigenvalue weighted by molar-refractivity contribution is 0.217. The molecule has 1 atom stereocenters. The van der Waals surface area contributed by atoms with Gasteiger partial charge in [-0.3, -0.25) is 0 Å². The minimum atomic E-state index is -0.198. The summed E-state index contributed by atoms with van der Waals surface area (Å²) < 4.78 is 14.0. The Labute approximate surface area is 116 Å². The molecule has 2 heterocycles. The van der Waals surface area contributed by atoms with Gasteiger partial charge in [0.05, 0.1) is 10.2 Å². The predicted molar refractivity (Wildman–Crippen MR) is 78.3 cm³/mol. The van der Waals surface area contributed by atoms with Crippen molar-refractivity contribution in [2.24, 2.45) is 5.92 Å². The zero-order valence-corrected chi connectivity index (χ0v) is 11.8. The average molecular weight is 279 g/mol. The van der Waals surface area contributed by atoms with Crippen LogP contribution in [0.15, 0.2) is 18.2 Å². The van der Waals surface area contributed by atoms with Crippen molar-refractivity contribution in [1.29, 1.82) is 0 Å². The molecular weight excluding hydrogens is 261 g/mol. The van der Waals surface area contributed by atoms with Gasteiger partial charge in [0, 0.05) is 13.1 Å². The van der Waals surface area contributed by atoms with Crippen molar-refractivity contribution in [3.8, 4) is 0 Å². The van der Waals surface area contributed by atoms with E-state index in [9.17, 15) is 4.39 Å². The molecule has 19 heavy (non-hydrogen) atoms. The van der Waals surface area contributed by atoms with Gasteiger partial charge in [-0.1, -0.05) is 11.3 Å². The van der Waals surface area contributed by atoms with Crippen LogP contribution in [0, 0.1) is 11.7 Å². The normalized spacial score (nSPS) is 20.8. The third-order valence-corrected chi connectivity index (χ3v) is 4.59. The second kappa shape index (κ2) is 5.43. The van der Waals surface area contributed by atoms with Crippen molar-refractivity contribution in [2.75, 3.05) is 32.0 Å². The van der Waals surface area contributed by atoms with E-state index in [4.69, 9.17) is 0 Å². The largest absolute Gasteiger partial charge is 0.361 e. The lowest BCUT2D eigenvalue weighted by Gasteiger charge is -2.29. The molecule has 1 aromatic heterocycles. The summed E-state index contributed by atoms with van der Waals surface area (Å²) >= 11 is 1.52. The van der Waals surface area contributed by atoms with Crippen LogP contribution in [0.1, 0.15) is 12.8 Å². The van der Waals surface area contributed by atoms with Crippen LogP contribution >= 0.6 is 11.3 Å². The Morgan fingerprint density at radius 3 is 3.26 bits per heavy atom. The number of nitrogens with one attached hydrogen (secondary N) is 1. The standard InChI is InChI=1S/C14H18FN3S/c1-18-6-2-3-10(9-18)8-16-14-17-12-5-4-11(15)7-13(12)19-14/h4-5,7,10H,2-3,6,8-9H2,1H3,(H,16,17). The number of thiazole rings is 1. The number of rotatable bonds is 3. The number of hydrogen-bond acceptors (Lipinski definition) is 4. The Morgan fingerprint density at radius 2 is 2.42 bits per heavy atom. The smallest absolute Gasteiger partial charge is 0.183 e. The minimum Gasteiger partial charge on any atom is -0.361 e. The Bertz CT molecular complexity index is 569. The fourth-order valence-corrected chi connectivity index (χ4v) is 3.54. The molecule has 2 aromatic rings. The van der Waals surface area contributed by atoms with Crippen molar-refractivity contribution >= 4 is 26.7 Å². The molecule has 0 amide bonds. The molecule has 5 heteroatoms. The zero-order valence-electron chi connectivity index (χ0n) is 11.0. The van der Waals surface area contributed by atoms with Gasteiger partial charge in [-0.05, 0) is 50.6 Å². The van der Waals surface area contributed by atoms with Crippen LogP contribution in [0.5, 0.6) is 0 Å². The summed E-state index contributed by atoms with van der Waals surface area (Å²) in [6.07, 6.45) is 2.55. The van der Waals surface area contributed by atoms with Crippen LogP contribution in [-0.4, -0.2) is 36.6 Å². The van der Waals surface area contributed by atoms with Gasteiger partial charge < -0.3 is 10.2 Å². The van der Waals surface area contributed by atoms with Gasteiger partial charge >= 0.3 is 0 Å². The molecule has 1 fully saturated rings. The van der Waals surface area contributed by atoms with Gasteiger partial charge in [-0.25, -0.2) is 9.37 Å². The number of hydrogen-bond donors (Lipinski definition) is 1. The van der Waals surface area contributed by atoms with Gasteiger partial charge in [-0.15, -0.1) is 0 Å². The molecule has 3 rings (SSSR count). The van der Waals surface area contributed by atoms with Crippen LogP contribution < -0.4 is 5.32 Å². The fourth-order valence-electron chi connectivity index (χ4n) is 2.65. The van der Waals surface area contributed by atoms with Crippen LogP contribution in [0.25, 0.3) is 10.2 Å². The molecule has 0 bridgehead atoms. The van der Waals surface area contributed by atoms with E-state index in [1.165, 1.54) is 36.8 Å². The molecule has 3 nitrogen and oxygen atoms in total. The first kappa shape index (κ1) is 12.8. The molecular formula is C14H18FN3S. The van der Waals surface area contributed by atoms with Crippen LogP contribution in [0.4, 0.5) is 9.52 Å². The van der Waals surface area contributed by atoms with Crippen molar-refractivity contribution in [1.82, 2.24) is 9.88 Å². The third-order valence-electron chi connectivity index (χ3n) is 3.61. The van der Waals surface area contributed by atoms with E-state index in [0.717, 1.165) is 28.4 Å². The molecule has 0 radical (unpaired) electrons. The highest BCUT2D eigenvalue weighted by Crippen LogP contribution is 2.27. The van der Waals surface area contributed by atoms with Crippen molar-refractivity contribution in [2.45, 2.75) is 12.8 Å². The fraction of sp³-hybridized carbons (Fsp3) is 0.500. The monoisotopic (exact) mass is 279 g/mol. The van der Waals surface area contributed by atoms with E-state index in [0.29, 0.717) is 5.92 Å². The average Bonchev–Trinajstić information content (AvgIpc) is 2.78. The summed E-state index contributed by atoms with van der Waals surface area (Å²) in [5, 5.41) is 4.30. The quantitative estimate of drug-likeness (QED) is 0.935. The van der Waals surface area contributed by atoms with Crippen LogP contribution in [-0.2, 0) is 0 Å². The number of benzene rings is 1. The van der Waals surface area contributed by atoms with E-state index >= 15 is 0 Å². The highest BCUT2D eigenvalue weighted by atomic mass is 32.1. The lowest BCUT2D eigenvalue weighted by atomic mass is 9.99. The van der Waals surface area contributed by atoms with Gasteiger partial charge in [0.15, 0.2) is 5.13 Å². The molecule has 1 N–H and O–H groups in total. The minimum absolute atomic E-state index is 0.198. The first-order valence-electron chi connectivity index (χ1n) is 6.69. The number of halogens is 1. The van der Waals surface area contributed by atoms with Crippen LogP contribution in [0.2, 0.25) is 0 Å². The maximum Gasteiger partial charge on any atom is 0.183 e. The summed E-state index contributed by atoms with van der Waals surface area (Å²) in [6.45, 7) is 3.30. The molecule has 1 aromatic carbocycles. The highest BCUT2D eigenvalue weighted by Gasteiger charge is 2.17. The Morgan fingerprint density at radius 1 is 1.53 bits per heavy atom. The molecule has 0 spiro atoms. The maximum absolute atomic E-state index is 13.1. The van der Waals surface area contributed by atoms with Crippen molar-refractivity contribution in [3.63, 3.8) is 0 Å². The molecule has 1 aliphatic heterocycles. The SMILES string of the molecule is CN1CCCC(CNc2nc3ccc(F)cc3s2)C1. The molecule has 0 aliphatic carbocycles. The summed E-state index contributed by atoms with van der Waals surface area (Å²) in [4.78, 5) is 6.86. The summed E-state index contributed by atoms with van der Waals surface area (Å²) in [6, 6.07) is 4.75. The van der Waals surface area contributed by atoms with Crippen molar-refractivity contribution < 1.29 is 4.39 Å². The summed E-state index contributed by atoms with van der Waals surface area (Å²) in [5.74, 6) is 0.485. The molecule has 102 valence electrons. The Balaban J connectivity index is 1.65. The number of anilines is 1. The van der Waals surface area contributed by atoms with E-state index in [1.54, 1.807) is 12.1 Å². The van der Waals surface area contributed by atoms with E-state index in [2.05, 4.69) is 22.2 Å². The van der Waals surface area contributed by atoms with Gasteiger partial charge in [0.2, 0.25) is 0 Å². The molecule has 1 unspecified atom stereocenters. The third kappa shape index (κ3) is 3.04. The maximum atomic E-state index is 13.1. The van der Waals surface area contributed by atoms with Crippen molar-refractivity contribution in [3.05, 3.63) is 24.0 Å². The number of nitrogens with zero attached hydrogens (tertiary/aromatic N) is 2. The topological polar surface area (TPSA) is 28.2 Å². The first-order valence-corrected chi connectivity index (χ1v) is 7.51. The van der Waals surface area contributed by atoms with E-state index < -0.39 is 0 Å². The van der Waals surface area contributed by atoms with E-state index in [1.807, 2.05) is 0 Å². The second-order valence-corrected chi connectivity index (χ2v) is 6.31. The number of aromatic nitrogens is 1. The van der Waals surface area contributed by atoms with E-state index in [-0.39, 0.29) is 5.82 Å². The number of piperidine rings is 1. The summed E-state index contributed by atoms with van der Waals surface area (Å²) in [7, 11) is 2.17. The summed E-state index contributed by atoms with van der Waals surface area (Å²) in [5.41, 5.74) is 0.870. The zero-order chi connectivity index (χ0) is 13.2. The second-order valence-electron chi connectivity index (χ2n) is 5.28. The lowest BCUT2D eigenvalue weighted by Crippen LogP contribution is -2.35. The van der Waals surface area contributed by atoms with Crippen LogP contribution in [0.3, 0.4) is 0 Å². The first-order chi connectivity index (χ1) is 9.20. The van der Waals surface area contributed by atoms with Gasteiger partial charge in [0.1, 0.15) is 5.82 Å². The predicted octanol–water partition coefficient (Wildman–Crippen LogP) is 3.19. The number of likely N-dealkylation sites (tertiary alicyclic amines) is 1. The molecule has 1 saturated heterocycles. The molecule has 0 saturated carbocycles. The highest BCUT2D eigenvalue weighted by molar-refractivity contribution is 7.22. The van der Waals surface area contributed by atoms with Gasteiger partial charge in [-0.2, -0.15) is 0 Å².